The smallest absolute Gasteiger partial charge is 0.277 e. The minimum Gasteiger partial charge on any atom is -0.304 e. The number of carbonyl (C=O) groups is 1. The molecule has 23 heavy (non-hydrogen) atoms. The van der Waals surface area contributed by atoms with Crippen LogP contribution in [0.3, 0.4) is 0 Å². The van der Waals surface area contributed by atoms with Gasteiger partial charge in [0.2, 0.25) is 0 Å². The molecular formula is C17H23N5O. The van der Waals surface area contributed by atoms with E-state index in [0.29, 0.717) is 17.4 Å². The summed E-state index contributed by atoms with van der Waals surface area (Å²) < 4.78 is 0. The Labute approximate surface area is 135 Å². The number of anilines is 1. The fourth-order valence-electron chi connectivity index (χ4n) is 3.47. The third-order valence-electron chi connectivity index (χ3n) is 4.95. The Balaban J connectivity index is 1.35. The van der Waals surface area contributed by atoms with Crippen LogP contribution in [-0.2, 0) is 6.42 Å². The van der Waals surface area contributed by atoms with Crippen LogP contribution in [0.5, 0.6) is 0 Å². The SMILES string of the molecule is O=C(Nc1cc(CC2CCCCC2)[nH]n1)c1cc(C2CC2)[nH]n1. The summed E-state index contributed by atoms with van der Waals surface area (Å²) in [4.78, 5) is 12.2. The van der Waals surface area contributed by atoms with E-state index in [9.17, 15) is 4.79 Å². The molecule has 0 spiro atoms. The lowest BCUT2D eigenvalue weighted by Gasteiger charge is -2.20. The summed E-state index contributed by atoms with van der Waals surface area (Å²) in [6.45, 7) is 0. The highest BCUT2D eigenvalue weighted by molar-refractivity contribution is 6.02. The highest BCUT2D eigenvalue weighted by Gasteiger charge is 2.26. The minimum atomic E-state index is -0.205. The number of nitrogens with one attached hydrogen (secondary N) is 3. The van der Waals surface area contributed by atoms with E-state index in [-0.39, 0.29) is 5.91 Å². The summed E-state index contributed by atoms with van der Waals surface area (Å²) in [7, 11) is 0. The van der Waals surface area contributed by atoms with Gasteiger partial charge in [-0.1, -0.05) is 32.1 Å². The normalized spacial score (nSPS) is 19.0. The molecule has 1 amide bonds. The van der Waals surface area contributed by atoms with Gasteiger partial charge in [0.25, 0.3) is 5.91 Å². The van der Waals surface area contributed by atoms with Crippen LogP contribution in [0.2, 0.25) is 0 Å². The molecule has 122 valence electrons. The highest BCUT2D eigenvalue weighted by atomic mass is 16.2. The van der Waals surface area contributed by atoms with Crippen LogP contribution in [0.25, 0.3) is 0 Å². The van der Waals surface area contributed by atoms with Crippen LogP contribution in [0.15, 0.2) is 12.1 Å². The number of hydrogen-bond acceptors (Lipinski definition) is 3. The second kappa shape index (κ2) is 6.18. The minimum absolute atomic E-state index is 0.205. The predicted octanol–water partition coefficient (Wildman–Crippen LogP) is 3.39. The van der Waals surface area contributed by atoms with Crippen LogP contribution >= 0.6 is 0 Å². The number of hydrogen-bond donors (Lipinski definition) is 3. The third kappa shape index (κ3) is 3.46. The molecule has 2 aliphatic carbocycles. The molecule has 0 aliphatic heterocycles. The zero-order valence-corrected chi connectivity index (χ0v) is 13.3. The zero-order chi connectivity index (χ0) is 15.6. The quantitative estimate of drug-likeness (QED) is 0.791. The van der Waals surface area contributed by atoms with Gasteiger partial charge < -0.3 is 5.32 Å². The lowest BCUT2D eigenvalue weighted by Crippen LogP contribution is -2.12. The van der Waals surface area contributed by atoms with Crippen LogP contribution in [0.4, 0.5) is 5.82 Å². The van der Waals surface area contributed by atoms with E-state index >= 15 is 0 Å². The third-order valence-corrected chi connectivity index (χ3v) is 4.95. The van der Waals surface area contributed by atoms with Gasteiger partial charge in [-0.2, -0.15) is 10.2 Å². The average molecular weight is 313 g/mol. The van der Waals surface area contributed by atoms with E-state index < -0.39 is 0 Å². The van der Waals surface area contributed by atoms with Crippen LogP contribution in [0, 0.1) is 5.92 Å². The van der Waals surface area contributed by atoms with Gasteiger partial charge in [-0.25, -0.2) is 0 Å². The van der Waals surface area contributed by atoms with Gasteiger partial charge in [0.05, 0.1) is 0 Å². The van der Waals surface area contributed by atoms with Gasteiger partial charge in [-0.15, -0.1) is 0 Å². The van der Waals surface area contributed by atoms with Gasteiger partial charge in [-0.3, -0.25) is 15.0 Å². The topological polar surface area (TPSA) is 86.5 Å². The second-order valence-electron chi connectivity index (χ2n) is 6.92. The first kappa shape index (κ1) is 14.5. The monoisotopic (exact) mass is 313 g/mol. The molecule has 3 N–H and O–H groups in total. The van der Waals surface area contributed by atoms with Gasteiger partial charge in [-0.05, 0) is 31.2 Å². The molecule has 2 aromatic heterocycles. The van der Waals surface area contributed by atoms with E-state index in [1.807, 2.05) is 12.1 Å². The molecule has 2 aliphatic rings. The molecule has 0 saturated heterocycles. The van der Waals surface area contributed by atoms with Gasteiger partial charge in [0.15, 0.2) is 11.5 Å². The van der Waals surface area contributed by atoms with Crippen molar-refractivity contribution in [3.63, 3.8) is 0 Å². The van der Waals surface area contributed by atoms with Crippen molar-refractivity contribution in [2.75, 3.05) is 5.32 Å². The van der Waals surface area contributed by atoms with Gasteiger partial charge in [0, 0.05) is 23.4 Å². The van der Waals surface area contributed by atoms with Crippen molar-refractivity contribution < 1.29 is 4.79 Å². The number of aromatic amines is 2. The number of carbonyl (C=O) groups excluding carboxylic acids is 1. The Hall–Kier alpha value is -2.11. The lowest BCUT2D eigenvalue weighted by atomic mass is 9.86. The number of aromatic nitrogens is 4. The Morgan fingerprint density at radius 3 is 2.70 bits per heavy atom. The van der Waals surface area contributed by atoms with Crippen LogP contribution in [0.1, 0.15) is 72.7 Å². The van der Waals surface area contributed by atoms with Crippen molar-refractivity contribution in [2.24, 2.45) is 5.92 Å². The van der Waals surface area contributed by atoms with E-state index in [0.717, 1.165) is 23.7 Å². The maximum atomic E-state index is 12.2. The fraction of sp³-hybridized carbons (Fsp3) is 0.588. The molecule has 2 fully saturated rings. The largest absolute Gasteiger partial charge is 0.304 e. The second-order valence-corrected chi connectivity index (χ2v) is 6.92. The molecule has 0 atom stereocenters. The molecular weight excluding hydrogens is 290 g/mol. The summed E-state index contributed by atoms with van der Waals surface area (Å²) in [5, 5.41) is 17.1. The number of H-pyrrole nitrogens is 2. The van der Waals surface area contributed by atoms with Crippen molar-refractivity contribution in [3.05, 3.63) is 29.2 Å². The number of nitrogens with zero attached hydrogens (tertiary/aromatic N) is 2. The summed E-state index contributed by atoms with van der Waals surface area (Å²) in [6.07, 6.45) is 10.1. The summed E-state index contributed by atoms with van der Waals surface area (Å²) in [6, 6.07) is 3.80. The molecule has 6 heteroatoms. The first-order chi connectivity index (χ1) is 11.3. The van der Waals surface area contributed by atoms with E-state index in [1.165, 1.54) is 44.9 Å². The molecule has 0 radical (unpaired) electrons. The van der Waals surface area contributed by atoms with Crippen molar-refractivity contribution in [2.45, 2.75) is 57.3 Å². The summed E-state index contributed by atoms with van der Waals surface area (Å²) in [5.41, 5.74) is 2.60. The van der Waals surface area contributed by atoms with Crippen LogP contribution < -0.4 is 5.32 Å². The first-order valence-electron chi connectivity index (χ1n) is 8.69. The number of amides is 1. The standard InChI is InChI=1S/C17H23N5O/c23-17(15-10-14(20-21-15)12-6-7-12)18-16-9-13(19-22-16)8-11-4-2-1-3-5-11/h9-12H,1-8H2,(H,20,21)(H2,18,19,22,23). The van der Waals surface area contributed by atoms with E-state index in [1.54, 1.807) is 0 Å². The maximum Gasteiger partial charge on any atom is 0.277 e. The molecule has 6 nitrogen and oxygen atoms in total. The Bertz CT molecular complexity index is 679. The average Bonchev–Trinajstić information content (AvgIpc) is 3.13. The van der Waals surface area contributed by atoms with Crippen molar-refractivity contribution in [1.82, 2.24) is 20.4 Å². The number of rotatable bonds is 5. The summed E-state index contributed by atoms with van der Waals surface area (Å²) >= 11 is 0. The highest BCUT2D eigenvalue weighted by Crippen LogP contribution is 2.39. The molecule has 4 rings (SSSR count). The Morgan fingerprint density at radius 1 is 1.09 bits per heavy atom. The molecule has 0 unspecified atom stereocenters. The summed E-state index contributed by atoms with van der Waals surface area (Å²) in [5.74, 6) is 1.69. The zero-order valence-electron chi connectivity index (χ0n) is 13.3. The van der Waals surface area contributed by atoms with Gasteiger partial charge in [0.1, 0.15) is 0 Å². The van der Waals surface area contributed by atoms with Crippen molar-refractivity contribution in [1.29, 1.82) is 0 Å². The predicted molar refractivity (Wildman–Crippen MR) is 87.4 cm³/mol. The molecule has 0 bridgehead atoms. The Kier molecular flexibility index (Phi) is 3.89. The van der Waals surface area contributed by atoms with E-state index in [4.69, 9.17) is 0 Å². The molecule has 0 aromatic carbocycles. The van der Waals surface area contributed by atoms with Crippen molar-refractivity contribution >= 4 is 11.7 Å². The van der Waals surface area contributed by atoms with Gasteiger partial charge >= 0.3 is 0 Å². The molecule has 2 heterocycles. The molecule has 2 aromatic rings. The van der Waals surface area contributed by atoms with Crippen LogP contribution in [-0.4, -0.2) is 26.3 Å². The first-order valence-corrected chi connectivity index (χ1v) is 8.69. The molecule has 2 saturated carbocycles. The fourth-order valence-corrected chi connectivity index (χ4v) is 3.47. The van der Waals surface area contributed by atoms with Crippen molar-refractivity contribution in [3.8, 4) is 0 Å². The van der Waals surface area contributed by atoms with E-state index in [2.05, 4.69) is 25.7 Å². The lowest BCUT2D eigenvalue weighted by molar-refractivity contribution is 0.102. The maximum absolute atomic E-state index is 12.2. The Morgan fingerprint density at radius 2 is 1.91 bits per heavy atom.